The Balaban J connectivity index is 2.45. The largest absolute Gasteiger partial charge is 0.497 e. The number of methoxy groups -OCH3 is 1. The highest BCUT2D eigenvalue weighted by molar-refractivity contribution is 7.80. The summed E-state index contributed by atoms with van der Waals surface area (Å²) in [6.07, 6.45) is 1.75. The summed E-state index contributed by atoms with van der Waals surface area (Å²) in [7, 11) is 1.62. The Morgan fingerprint density at radius 2 is 2.13 bits per heavy atom. The van der Waals surface area contributed by atoms with Gasteiger partial charge in [0, 0.05) is 6.54 Å². The van der Waals surface area contributed by atoms with Crippen LogP contribution in [0.2, 0.25) is 0 Å². The molecule has 15 heavy (non-hydrogen) atoms. The number of benzene rings is 1. The minimum atomic E-state index is 0.327. The van der Waals surface area contributed by atoms with Crippen LogP contribution in [-0.4, -0.2) is 12.2 Å². The van der Waals surface area contributed by atoms with Gasteiger partial charge in [0.1, 0.15) is 5.75 Å². The fourth-order valence-electron chi connectivity index (χ4n) is 1.02. The number of nitrogens with one attached hydrogen (secondary N) is 2. The second-order valence-electron chi connectivity index (χ2n) is 2.77. The van der Waals surface area contributed by atoms with Crippen molar-refractivity contribution in [1.82, 2.24) is 10.6 Å². The maximum atomic E-state index is 8.30. The van der Waals surface area contributed by atoms with Gasteiger partial charge in [-0.25, -0.2) is 0 Å². The first-order valence-corrected chi connectivity index (χ1v) is 4.73. The number of hydrogen-bond acceptors (Lipinski definition) is 3. The Bertz CT molecular complexity index is 369. The lowest BCUT2D eigenvalue weighted by Gasteiger charge is -2.06. The van der Waals surface area contributed by atoms with Gasteiger partial charge in [-0.3, -0.25) is 5.32 Å². The number of nitriles is 1. The van der Waals surface area contributed by atoms with Gasteiger partial charge in [0.15, 0.2) is 11.3 Å². The van der Waals surface area contributed by atoms with E-state index < -0.39 is 0 Å². The molecule has 2 N–H and O–H groups in total. The van der Waals surface area contributed by atoms with Gasteiger partial charge in [0.25, 0.3) is 0 Å². The molecule has 0 aromatic heterocycles. The highest BCUT2D eigenvalue weighted by Crippen LogP contribution is 2.10. The normalized spacial score (nSPS) is 8.80. The minimum absolute atomic E-state index is 0.327. The first-order valence-electron chi connectivity index (χ1n) is 4.32. The van der Waals surface area contributed by atoms with Gasteiger partial charge in [-0.15, -0.1) is 0 Å². The Morgan fingerprint density at radius 3 is 2.67 bits per heavy atom. The van der Waals surface area contributed by atoms with Crippen LogP contribution >= 0.6 is 12.2 Å². The number of rotatable bonds is 3. The summed E-state index contributed by atoms with van der Waals surface area (Å²) in [6, 6.07) is 7.61. The van der Waals surface area contributed by atoms with E-state index in [0.29, 0.717) is 11.7 Å². The van der Waals surface area contributed by atoms with Crippen LogP contribution in [0.3, 0.4) is 0 Å². The Labute approximate surface area is 93.9 Å². The summed E-state index contributed by atoms with van der Waals surface area (Å²) in [4.78, 5) is 0. The molecule has 0 unspecified atom stereocenters. The average Bonchev–Trinajstić information content (AvgIpc) is 2.27. The quantitative estimate of drug-likeness (QED) is 0.455. The number of thiocarbonyl (C=S) groups is 1. The predicted octanol–water partition coefficient (Wildman–Crippen LogP) is 1.14. The van der Waals surface area contributed by atoms with Crippen LogP contribution < -0.4 is 15.4 Å². The fourth-order valence-corrected chi connectivity index (χ4v) is 1.14. The highest BCUT2D eigenvalue weighted by Gasteiger charge is 1.96. The van der Waals surface area contributed by atoms with Crippen molar-refractivity contribution >= 4 is 17.3 Å². The molecule has 0 aliphatic heterocycles. The van der Waals surface area contributed by atoms with Crippen molar-refractivity contribution < 1.29 is 4.74 Å². The third-order valence-corrected chi connectivity index (χ3v) is 2.03. The van der Waals surface area contributed by atoms with E-state index in [1.165, 1.54) is 0 Å². The molecule has 0 heterocycles. The lowest BCUT2D eigenvalue weighted by Crippen LogP contribution is -2.31. The van der Waals surface area contributed by atoms with E-state index in [1.54, 1.807) is 13.3 Å². The summed E-state index contributed by atoms with van der Waals surface area (Å²) < 4.78 is 5.03. The zero-order valence-corrected chi connectivity index (χ0v) is 9.10. The molecule has 0 saturated heterocycles. The van der Waals surface area contributed by atoms with Crippen molar-refractivity contribution in [3.8, 4) is 11.9 Å². The molecule has 4 nitrogen and oxygen atoms in total. The smallest absolute Gasteiger partial charge is 0.183 e. The standard InChI is InChI=1S/C10H11N3OS/c1-14-9-4-2-8(3-5-9)6-12-10(15)13-7-11/h2-5H,6H2,1H3,(H2,12,13,15). The van der Waals surface area contributed by atoms with E-state index in [9.17, 15) is 0 Å². The molecule has 0 spiro atoms. The van der Waals surface area contributed by atoms with E-state index in [4.69, 9.17) is 22.2 Å². The van der Waals surface area contributed by atoms with E-state index in [2.05, 4.69) is 10.6 Å². The summed E-state index contributed by atoms with van der Waals surface area (Å²) >= 11 is 4.83. The van der Waals surface area contributed by atoms with Crippen LogP contribution in [0.5, 0.6) is 5.75 Å². The predicted molar refractivity (Wildman–Crippen MR) is 61.2 cm³/mol. The lowest BCUT2D eigenvalue weighted by molar-refractivity contribution is 0.414. The molecule has 5 heteroatoms. The molecule has 1 rings (SSSR count). The van der Waals surface area contributed by atoms with Gasteiger partial charge in [0.05, 0.1) is 7.11 Å². The van der Waals surface area contributed by atoms with E-state index in [-0.39, 0.29) is 0 Å². The summed E-state index contributed by atoms with van der Waals surface area (Å²) in [5, 5.41) is 13.9. The molecular weight excluding hydrogens is 210 g/mol. The van der Waals surface area contributed by atoms with Crippen molar-refractivity contribution in [2.24, 2.45) is 0 Å². The van der Waals surface area contributed by atoms with Gasteiger partial charge < -0.3 is 10.1 Å². The number of ether oxygens (including phenoxy) is 1. The van der Waals surface area contributed by atoms with E-state index in [0.717, 1.165) is 11.3 Å². The van der Waals surface area contributed by atoms with E-state index >= 15 is 0 Å². The first kappa shape index (κ1) is 11.3. The molecule has 0 bridgehead atoms. The third-order valence-electron chi connectivity index (χ3n) is 1.78. The fraction of sp³-hybridized carbons (Fsp3) is 0.200. The average molecular weight is 221 g/mol. The molecule has 0 radical (unpaired) electrons. The highest BCUT2D eigenvalue weighted by atomic mass is 32.1. The number of nitrogens with zero attached hydrogens (tertiary/aromatic N) is 1. The Kier molecular flexibility index (Phi) is 4.38. The molecule has 0 saturated carbocycles. The van der Waals surface area contributed by atoms with Gasteiger partial charge in [-0.2, -0.15) is 5.26 Å². The zero-order valence-electron chi connectivity index (χ0n) is 8.28. The van der Waals surface area contributed by atoms with Gasteiger partial charge in [0.2, 0.25) is 0 Å². The van der Waals surface area contributed by atoms with Gasteiger partial charge >= 0.3 is 0 Å². The molecule has 1 aromatic carbocycles. The van der Waals surface area contributed by atoms with Crippen LogP contribution in [0.4, 0.5) is 0 Å². The van der Waals surface area contributed by atoms with Crippen LogP contribution in [0.15, 0.2) is 24.3 Å². The Morgan fingerprint density at radius 1 is 1.47 bits per heavy atom. The van der Waals surface area contributed by atoms with Crippen LogP contribution in [0.1, 0.15) is 5.56 Å². The van der Waals surface area contributed by atoms with Crippen LogP contribution in [-0.2, 0) is 6.54 Å². The lowest BCUT2D eigenvalue weighted by atomic mass is 10.2. The van der Waals surface area contributed by atoms with Crippen LogP contribution in [0.25, 0.3) is 0 Å². The molecule has 0 fully saturated rings. The molecule has 0 atom stereocenters. The zero-order chi connectivity index (χ0) is 11.1. The molecular formula is C10H11N3OS. The van der Waals surface area contributed by atoms with E-state index in [1.807, 2.05) is 24.3 Å². The number of hydrogen-bond donors (Lipinski definition) is 2. The summed E-state index contributed by atoms with van der Waals surface area (Å²) in [5.74, 6) is 0.816. The molecule has 1 aromatic rings. The second-order valence-corrected chi connectivity index (χ2v) is 3.18. The van der Waals surface area contributed by atoms with Gasteiger partial charge in [-0.05, 0) is 29.9 Å². The maximum absolute atomic E-state index is 8.30. The van der Waals surface area contributed by atoms with Crippen LogP contribution in [0, 0.1) is 11.5 Å². The van der Waals surface area contributed by atoms with Crippen molar-refractivity contribution in [3.63, 3.8) is 0 Å². The van der Waals surface area contributed by atoms with Crippen molar-refractivity contribution in [3.05, 3.63) is 29.8 Å². The second kappa shape index (κ2) is 5.83. The van der Waals surface area contributed by atoms with Crippen molar-refractivity contribution in [1.29, 1.82) is 5.26 Å². The van der Waals surface area contributed by atoms with Gasteiger partial charge in [-0.1, -0.05) is 12.1 Å². The van der Waals surface area contributed by atoms with Crippen molar-refractivity contribution in [2.75, 3.05) is 7.11 Å². The Hall–Kier alpha value is -1.80. The summed E-state index contributed by atoms with van der Waals surface area (Å²) in [6.45, 7) is 0.581. The topological polar surface area (TPSA) is 57.1 Å². The minimum Gasteiger partial charge on any atom is -0.497 e. The summed E-state index contributed by atoms with van der Waals surface area (Å²) in [5.41, 5.74) is 1.07. The maximum Gasteiger partial charge on any atom is 0.183 e. The first-order chi connectivity index (χ1) is 7.26. The molecule has 0 aliphatic carbocycles. The third kappa shape index (κ3) is 3.83. The molecule has 0 aliphatic rings. The SMILES string of the molecule is COc1ccc(CNC(=S)NC#N)cc1. The molecule has 0 amide bonds. The molecule has 78 valence electrons. The monoisotopic (exact) mass is 221 g/mol. The van der Waals surface area contributed by atoms with Crippen molar-refractivity contribution in [2.45, 2.75) is 6.54 Å².